The molecular formula is C14H24N2OS. The van der Waals surface area contributed by atoms with Crippen molar-refractivity contribution in [2.75, 3.05) is 13.1 Å². The molecule has 0 bridgehead atoms. The zero-order valence-corrected chi connectivity index (χ0v) is 12.1. The molecule has 1 fully saturated rings. The van der Waals surface area contributed by atoms with Crippen LogP contribution < -0.4 is 5.73 Å². The molecule has 0 radical (unpaired) electrons. The monoisotopic (exact) mass is 268 g/mol. The van der Waals surface area contributed by atoms with Crippen LogP contribution in [0.4, 0.5) is 0 Å². The fourth-order valence-corrected chi connectivity index (χ4v) is 3.91. The Morgan fingerprint density at radius 3 is 2.94 bits per heavy atom. The van der Waals surface area contributed by atoms with Crippen LogP contribution in [-0.2, 0) is 0 Å². The van der Waals surface area contributed by atoms with Gasteiger partial charge >= 0.3 is 0 Å². The van der Waals surface area contributed by atoms with Crippen LogP contribution in [0.3, 0.4) is 0 Å². The number of nitrogens with zero attached hydrogens (tertiary/aromatic N) is 1. The third kappa shape index (κ3) is 2.94. The minimum Gasteiger partial charge on any atom is -0.392 e. The SMILES string of the molecule is CCC(N)C(c1sccc1C)N1CCCC(O)C1. The highest BCUT2D eigenvalue weighted by atomic mass is 32.1. The van der Waals surface area contributed by atoms with E-state index in [4.69, 9.17) is 5.73 Å². The Morgan fingerprint density at radius 1 is 1.61 bits per heavy atom. The quantitative estimate of drug-likeness (QED) is 0.881. The Balaban J connectivity index is 2.22. The summed E-state index contributed by atoms with van der Waals surface area (Å²) in [5.41, 5.74) is 7.66. The van der Waals surface area contributed by atoms with Crippen LogP contribution in [-0.4, -0.2) is 35.2 Å². The van der Waals surface area contributed by atoms with Crippen molar-refractivity contribution < 1.29 is 5.11 Å². The number of likely N-dealkylation sites (tertiary alicyclic amines) is 1. The van der Waals surface area contributed by atoms with Crippen molar-refractivity contribution >= 4 is 11.3 Å². The first kappa shape index (κ1) is 14.0. The van der Waals surface area contributed by atoms with Crippen LogP contribution in [0, 0.1) is 6.92 Å². The second-order valence-corrected chi connectivity index (χ2v) is 6.22. The summed E-state index contributed by atoms with van der Waals surface area (Å²) in [5, 5.41) is 12.0. The number of β-amino-alcohol motifs (C(OH)–C–C–N with tert-alkyl or cyclic N) is 1. The summed E-state index contributed by atoms with van der Waals surface area (Å²) in [6, 6.07) is 2.58. The normalized spacial score (nSPS) is 25.0. The second-order valence-electron chi connectivity index (χ2n) is 5.28. The van der Waals surface area contributed by atoms with Crippen LogP contribution in [0.25, 0.3) is 0 Å². The van der Waals surface area contributed by atoms with Crippen LogP contribution in [0.2, 0.25) is 0 Å². The van der Waals surface area contributed by atoms with Crippen molar-refractivity contribution in [2.45, 2.75) is 51.3 Å². The van der Waals surface area contributed by atoms with Crippen LogP contribution in [0.1, 0.15) is 42.7 Å². The number of hydrogen-bond acceptors (Lipinski definition) is 4. The summed E-state index contributed by atoms with van der Waals surface area (Å²) in [6.07, 6.45) is 2.77. The van der Waals surface area contributed by atoms with Gasteiger partial charge in [-0.1, -0.05) is 6.92 Å². The lowest BCUT2D eigenvalue weighted by atomic mass is 9.97. The van der Waals surface area contributed by atoms with Gasteiger partial charge in [0.2, 0.25) is 0 Å². The van der Waals surface area contributed by atoms with E-state index in [1.165, 1.54) is 10.4 Å². The lowest BCUT2D eigenvalue weighted by molar-refractivity contribution is 0.0393. The molecule has 1 saturated heterocycles. The maximum Gasteiger partial charge on any atom is 0.0667 e. The van der Waals surface area contributed by atoms with Crippen molar-refractivity contribution in [2.24, 2.45) is 5.73 Å². The minimum atomic E-state index is -0.189. The predicted molar refractivity (Wildman–Crippen MR) is 76.9 cm³/mol. The van der Waals surface area contributed by atoms with Crippen LogP contribution >= 0.6 is 11.3 Å². The molecule has 18 heavy (non-hydrogen) atoms. The molecule has 102 valence electrons. The number of aliphatic hydroxyl groups excluding tert-OH is 1. The van der Waals surface area contributed by atoms with Crippen LogP contribution in [0.5, 0.6) is 0 Å². The molecule has 0 spiro atoms. The minimum absolute atomic E-state index is 0.146. The van der Waals surface area contributed by atoms with E-state index in [2.05, 4.69) is 30.2 Å². The van der Waals surface area contributed by atoms with Crippen molar-refractivity contribution in [3.8, 4) is 0 Å². The molecule has 1 aromatic heterocycles. The molecule has 1 aromatic rings. The molecule has 2 rings (SSSR count). The summed E-state index contributed by atoms with van der Waals surface area (Å²) in [7, 11) is 0. The highest BCUT2D eigenvalue weighted by Crippen LogP contribution is 2.33. The number of piperidine rings is 1. The first-order valence-corrected chi connectivity index (χ1v) is 7.73. The van der Waals surface area contributed by atoms with E-state index >= 15 is 0 Å². The maximum absolute atomic E-state index is 9.87. The van der Waals surface area contributed by atoms with Crippen molar-refractivity contribution in [1.82, 2.24) is 4.90 Å². The van der Waals surface area contributed by atoms with Gasteiger partial charge in [0.05, 0.1) is 12.1 Å². The van der Waals surface area contributed by atoms with Gasteiger partial charge in [-0.3, -0.25) is 4.90 Å². The standard InChI is InChI=1S/C14H24N2OS/c1-3-12(15)13(14-10(2)6-8-18-14)16-7-4-5-11(17)9-16/h6,8,11-13,17H,3-5,7,9,15H2,1-2H3. The third-order valence-corrected chi connectivity index (χ3v) is 4.96. The number of nitrogens with two attached hydrogens (primary N) is 1. The summed E-state index contributed by atoms with van der Waals surface area (Å²) in [6.45, 7) is 6.10. The molecule has 3 unspecified atom stereocenters. The summed E-state index contributed by atoms with van der Waals surface area (Å²) < 4.78 is 0. The molecule has 1 aliphatic rings. The molecule has 3 N–H and O–H groups in total. The van der Waals surface area contributed by atoms with Crippen molar-refractivity contribution in [3.05, 3.63) is 21.9 Å². The fraction of sp³-hybridized carbons (Fsp3) is 0.714. The van der Waals surface area contributed by atoms with Crippen LogP contribution in [0.15, 0.2) is 11.4 Å². The topological polar surface area (TPSA) is 49.5 Å². The largest absolute Gasteiger partial charge is 0.392 e. The van der Waals surface area contributed by atoms with Gasteiger partial charge in [-0.25, -0.2) is 0 Å². The van der Waals surface area contributed by atoms with Gasteiger partial charge in [0.25, 0.3) is 0 Å². The Hall–Kier alpha value is -0.420. The lowest BCUT2D eigenvalue weighted by Crippen LogP contribution is -2.46. The summed E-state index contributed by atoms with van der Waals surface area (Å²) in [5.74, 6) is 0. The van der Waals surface area contributed by atoms with Gasteiger partial charge in [0, 0.05) is 17.5 Å². The molecule has 0 aromatic carbocycles. The lowest BCUT2D eigenvalue weighted by Gasteiger charge is -2.39. The van der Waals surface area contributed by atoms with Crippen molar-refractivity contribution in [3.63, 3.8) is 0 Å². The predicted octanol–water partition coefficient (Wildman–Crippen LogP) is 2.29. The highest BCUT2D eigenvalue weighted by Gasteiger charge is 2.31. The summed E-state index contributed by atoms with van der Waals surface area (Å²) >= 11 is 1.79. The number of thiophene rings is 1. The number of aliphatic hydroxyl groups is 1. The molecule has 2 heterocycles. The molecule has 1 aliphatic heterocycles. The third-order valence-electron chi connectivity index (χ3n) is 3.87. The molecule has 0 aliphatic carbocycles. The average Bonchev–Trinajstić information content (AvgIpc) is 2.76. The van der Waals surface area contributed by atoms with Gasteiger partial charge in [-0.05, 0) is 49.7 Å². The Morgan fingerprint density at radius 2 is 2.39 bits per heavy atom. The molecule has 3 nitrogen and oxygen atoms in total. The molecule has 0 amide bonds. The first-order chi connectivity index (χ1) is 8.63. The van der Waals surface area contributed by atoms with Gasteiger partial charge in [-0.2, -0.15) is 0 Å². The molecule has 4 heteroatoms. The average molecular weight is 268 g/mol. The smallest absolute Gasteiger partial charge is 0.0667 e. The number of aryl methyl sites for hydroxylation is 1. The summed E-state index contributed by atoms with van der Waals surface area (Å²) in [4.78, 5) is 3.75. The zero-order valence-electron chi connectivity index (χ0n) is 11.3. The van der Waals surface area contributed by atoms with Gasteiger partial charge in [0.15, 0.2) is 0 Å². The van der Waals surface area contributed by atoms with Gasteiger partial charge in [-0.15, -0.1) is 11.3 Å². The Labute approximate surface area is 114 Å². The van der Waals surface area contributed by atoms with E-state index in [1.54, 1.807) is 11.3 Å². The number of rotatable bonds is 4. The van der Waals surface area contributed by atoms with E-state index in [-0.39, 0.29) is 18.2 Å². The van der Waals surface area contributed by atoms with E-state index in [1.807, 2.05) is 0 Å². The Bertz CT molecular complexity index is 380. The first-order valence-electron chi connectivity index (χ1n) is 6.85. The van der Waals surface area contributed by atoms with Crippen molar-refractivity contribution in [1.29, 1.82) is 0 Å². The van der Waals surface area contributed by atoms with E-state index in [0.29, 0.717) is 0 Å². The van der Waals surface area contributed by atoms with E-state index < -0.39 is 0 Å². The molecular weight excluding hydrogens is 244 g/mol. The molecule has 3 atom stereocenters. The second kappa shape index (κ2) is 6.15. The van der Waals surface area contributed by atoms with E-state index in [0.717, 1.165) is 32.4 Å². The Kier molecular flexibility index (Phi) is 4.78. The molecule has 0 saturated carbocycles. The zero-order chi connectivity index (χ0) is 13.1. The maximum atomic E-state index is 9.87. The highest BCUT2D eigenvalue weighted by molar-refractivity contribution is 7.10. The number of hydrogen-bond donors (Lipinski definition) is 2. The fourth-order valence-electron chi connectivity index (χ4n) is 2.78. The van der Waals surface area contributed by atoms with Gasteiger partial charge in [0.1, 0.15) is 0 Å². The van der Waals surface area contributed by atoms with E-state index in [9.17, 15) is 5.11 Å². The van der Waals surface area contributed by atoms with Gasteiger partial charge < -0.3 is 10.8 Å².